The summed E-state index contributed by atoms with van der Waals surface area (Å²) in [6, 6.07) is 5.39. The van der Waals surface area contributed by atoms with Crippen molar-refractivity contribution in [2.75, 3.05) is 12.0 Å². The third-order valence-electron chi connectivity index (χ3n) is 2.16. The van der Waals surface area contributed by atoms with Crippen LogP contribution in [0.3, 0.4) is 0 Å². The molecule has 0 fully saturated rings. The molecule has 1 aliphatic heterocycles. The van der Waals surface area contributed by atoms with Gasteiger partial charge in [-0.2, -0.15) is 4.98 Å². The highest BCUT2D eigenvalue weighted by Gasteiger charge is 2.18. The number of anilines is 1. The van der Waals surface area contributed by atoms with Crippen LogP contribution in [0.1, 0.15) is 0 Å². The minimum Gasteiger partial charge on any atom is -0.455 e. The summed E-state index contributed by atoms with van der Waals surface area (Å²) in [4.78, 5) is 16.0. The largest absolute Gasteiger partial charge is 0.455 e. The normalized spacial score (nSPS) is 13.4. The summed E-state index contributed by atoms with van der Waals surface area (Å²) in [5, 5.41) is 2.84. The van der Waals surface area contributed by atoms with Gasteiger partial charge in [0.25, 0.3) is 5.56 Å². The van der Waals surface area contributed by atoms with Gasteiger partial charge in [0.1, 0.15) is 5.65 Å². The maximum absolute atomic E-state index is 11.8. The number of nitrogens with zero attached hydrogens (tertiary/aromatic N) is 2. The Kier molecular flexibility index (Phi) is 1.30. The van der Waals surface area contributed by atoms with Gasteiger partial charge in [0.2, 0.25) is 5.88 Å². The van der Waals surface area contributed by atoms with Crippen LogP contribution in [0.25, 0.3) is 5.65 Å². The first kappa shape index (κ1) is 7.37. The van der Waals surface area contributed by atoms with Gasteiger partial charge in [0.05, 0.1) is 0 Å². The number of rotatable bonds is 0. The lowest BCUT2D eigenvalue weighted by Crippen LogP contribution is -2.16. The molecule has 70 valence electrons. The van der Waals surface area contributed by atoms with Gasteiger partial charge in [-0.25, -0.2) is 0 Å². The Labute approximate surface area is 79.0 Å². The van der Waals surface area contributed by atoms with E-state index in [9.17, 15) is 4.79 Å². The van der Waals surface area contributed by atoms with Crippen LogP contribution in [-0.4, -0.2) is 16.1 Å². The molecule has 0 atom stereocenters. The first-order valence-corrected chi connectivity index (χ1v) is 4.24. The molecular weight excluding hydrogens is 182 g/mol. The van der Waals surface area contributed by atoms with Gasteiger partial charge in [0.15, 0.2) is 12.4 Å². The lowest BCUT2D eigenvalue weighted by atomic mass is 10.4. The molecule has 3 rings (SSSR count). The Morgan fingerprint density at radius 2 is 2.43 bits per heavy atom. The molecule has 2 aromatic rings. The molecule has 0 amide bonds. The van der Waals surface area contributed by atoms with E-state index < -0.39 is 0 Å². The van der Waals surface area contributed by atoms with E-state index in [0.717, 1.165) is 0 Å². The third-order valence-corrected chi connectivity index (χ3v) is 2.16. The number of nitrogens with one attached hydrogen (secondary N) is 1. The Balaban J connectivity index is 2.50. The molecule has 0 unspecified atom stereocenters. The average molecular weight is 189 g/mol. The lowest BCUT2D eigenvalue weighted by molar-refractivity contribution is 0.360. The number of pyridine rings is 1. The predicted octanol–water partition coefficient (Wildman–Crippen LogP) is 0.456. The SMILES string of the molecule is O=c1c2c(nc3ccccn13)OCN2. The van der Waals surface area contributed by atoms with Crippen molar-refractivity contribution in [3.05, 3.63) is 34.7 Å². The van der Waals surface area contributed by atoms with Gasteiger partial charge in [-0.1, -0.05) is 6.07 Å². The molecule has 1 aliphatic rings. The van der Waals surface area contributed by atoms with Crippen LogP contribution >= 0.6 is 0 Å². The van der Waals surface area contributed by atoms with Gasteiger partial charge < -0.3 is 10.1 Å². The minimum absolute atomic E-state index is 0.122. The van der Waals surface area contributed by atoms with Crippen molar-refractivity contribution in [1.29, 1.82) is 0 Å². The molecule has 1 N–H and O–H groups in total. The second-order valence-corrected chi connectivity index (χ2v) is 2.99. The van der Waals surface area contributed by atoms with Crippen molar-refractivity contribution in [3.63, 3.8) is 0 Å². The van der Waals surface area contributed by atoms with Crippen LogP contribution in [0.4, 0.5) is 5.69 Å². The molecule has 3 heterocycles. The quantitative estimate of drug-likeness (QED) is 0.654. The maximum atomic E-state index is 11.8. The summed E-state index contributed by atoms with van der Waals surface area (Å²) in [5.74, 6) is 0.390. The van der Waals surface area contributed by atoms with Gasteiger partial charge in [0, 0.05) is 6.20 Å². The standard InChI is InChI=1S/C9H7N3O2/c13-9-7-8(14-5-10-7)11-6-3-1-2-4-12(6)9/h1-4,10H,5H2. The van der Waals surface area contributed by atoms with E-state index in [4.69, 9.17) is 4.74 Å². The fourth-order valence-corrected chi connectivity index (χ4v) is 1.50. The Hall–Kier alpha value is -2.04. The highest BCUT2D eigenvalue weighted by Crippen LogP contribution is 2.22. The molecular formula is C9H7N3O2. The number of fused-ring (bicyclic) bond motifs is 2. The van der Waals surface area contributed by atoms with Crippen LogP contribution in [0.15, 0.2) is 29.2 Å². The van der Waals surface area contributed by atoms with Crippen LogP contribution in [-0.2, 0) is 0 Å². The molecule has 0 saturated heterocycles. The topological polar surface area (TPSA) is 55.6 Å². The summed E-state index contributed by atoms with van der Waals surface area (Å²) in [6.45, 7) is 0.314. The van der Waals surface area contributed by atoms with Gasteiger partial charge in [-0.15, -0.1) is 0 Å². The first-order valence-electron chi connectivity index (χ1n) is 4.24. The number of hydrogen-bond acceptors (Lipinski definition) is 4. The summed E-state index contributed by atoms with van der Waals surface area (Å²) >= 11 is 0. The summed E-state index contributed by atoms with van der Waals surface area (Å²) in [5.41, 5.74) is 0.914. The molecule has 0 aliphatic carbocycles. The molecule has 0 saturated carbocycles. The van der Waals surface area contributed by atoms with E-state index in [1.807, 2.05) is 6.07 Å². The van der Waals surface area contributed by atoms with Crippen LogP contribution in [0, 0.1) is 0 Å². The maximum Gasteiger partial charge on any atom is 0.285 e. The van der Waals surface area contributed by atoms with Gasteiger partial charge in [-0.3, -0.25) is 9.20 Å². The smallest absolute Gasteiger partial charge is 0.285 e. The van der Waals surface area contributed by atoms with E-state index in [0.29, 0.717) is 23.9 Å². The zero-order valence-electron chi connectivity index (χ0n) is 7.23. The third kappa shape index (κ3) is 0.834. The second kappa shape index (κ2) is 2.47. The van der Waals surface area contributed by atoms with Crippen molar-refractivity contribution in [2.45, 2.75) is 0 Å². The molecule has 0 bridgehead atoms. The van der Waals surface area contributed by atoms with Gasteiger partial charge in [-0.05, 0) is 12.1 Å². The number of aromatic nitrogens is 2. The second-order valence-electron chi connectivity index (χ2n) is 2.99. The monoisotopic (exact) mass is 189 g/mol. The summed E-state index contributed by atoms with van der Waals surface area (Å²) in [7, 11) is 0. The van der Waals surface area contributed by atoms with Crippen molar-refractivity contribution < 1.29 is 4.74 Å². The molecule has 14 heavy (non-hydrogen) atoms. The van der Waals surface area contributed by atoms with E-state index in [-0.39, 0.29) is 5.56 Å². The number of hydrogen-bond donors (Lipinski definition) is 1. The van der Waals surface area contributed by atoms with Crippen molar-refractivity contribution >= 4 is 11.3 Å². The molecule has 5 heteroatoms. The van der Waals surface area contributed by atoms with Crippen molar-refractivity contribution in [2.24, 2.45) is 0 Å². The van der Waals surface area contributed by atoms with Gasteiger partial charge >= 0.3 is 0 Å². The van der Waals surface area contributed by atoms with E-state index in [1.165, 1.54) is 4.40 Å². The fourth-order valence-electron chi connectivity index (χ4n) is 1.50. The zero-order valence-corrected chi connectivity index (χ0v) is 7.23. The lowest BCUT2D eigenvalue weighted by Gasteiger charge is -2.00. The Morgan fingerprint density at radius 3 is 3.36 bits per heavy atom. The van der Waals surface area contributed by atoms with E-state index in [1.54, 1.807) is 18.3 Å². The summed E-state index contributed by atoms with van der Waals surface area (Å²) in [6.07, 6.45) is 1.69. The highest BCUT2D eigenvalue weighted by molar-refractivity contribution is 5.58. The molecule has 5 nitrogen and oxygen atoms in total. The molecule has 0 radical (unpaired) electrons. The molecule has 0 spiro atoms. The first-order chi connectivity index (χ1) is 6.86. The number of ether oxygens (including phenoxy) is 1. The van der Waals surface area contributed by atoms with Crippen LogP contribution < -0.4 is 15.6 Å². The minimum atomic E-state index is -0.122. The average Bonchev–Trinajstić information content (AvgIpc) is 2.66. The Morgan fingerprint density at radius 1 is 1.50 bits per heavy atom. The fraction of sp³-hybridized carbons (Fsp3) is 0.111. The van der Waals surface area contributed by atoms with Crippen LogP contribution in [0.5, 0.6) is 5.88 Å². The van der Waals surface area contributed by atoms with E-state index >= 15 is 0 Å². The highest BCUT2D eigenvalue weighted by atomic mass is 16.5. The van der Waals surface area contributed by atoms with Crippen LogP contribution in [0.2, 0.25) is 0 Å². The molecule has 2 aromatic heterocycles. The zero-order chi connectivity index (χ0) is 9.54. The van der Waals surface area contributed by atoms with E-state index in [2.05, 4.69) is 10.3 Å². The Bertz CT molecular complexity index is 561. The van der Waals surface area contributed by atoms with Crippen molar-refractivity contribution in [3.8, 4) is 5.88 Å². The van der Waals surface area contributed by atoms with Crippen molar-refractivity contribution in [1.82, 2.24) is 9.38 Å². The predicted molar refractivity (Wildman–Crippen MR) is 50.6 cm³/mol. The molecule has 0 aromatic carbocycles. The summed E-state index contributed by atoms with van der Waals surface area (Å²) < 4.78 is 6.64.